The third kappa shape index (κ3) is 2.36. The first-order valence-corrected chi connectivity index (χ1v) is 10.2. The Balaban J connectivity index is 1.43. The first kappa shape index (κ1) is 17.1. The van der Waals surface area contributed by atoms with Crippen LogP contribution in [0.1, 0.15) is 26.6 Å². The van der Waals surface area contributed by atoms with Gasteiger partial charge < -0.3 is 8.98 Å². The predicted octanol–water partition coefficient (Wildman–Crippen LogP) is 4.91. The summed E-state index contributed by atoms with van der Waals surface area (Å²) < 4.78 is 7.58. The van der Waals surface area contributed by atoms with Crippen LogP contribution in [0.4, 0.5) is 0 Å². The molecule has 0 saturated heterocycles. The first-order chi connectivity index (χ1) is 14.6. The molecule has 7 heteroatoms. The van der Waals surface area contributed by atoms with E-state index < -0.39 is 0 Å². The normalized spacial score (nSPS) is 13.6. The Morgan fingerprint density at radius 2 is 1.67 bits per heavy atom. The standard InChI is InChI=1S/C23H13N3O3S/c1-26-21(17-7-4-8-30-17)25-23-22(26)24-18(29-23)11-16-19(27)14-9-12-5-2-3-6-13(12)10-15(14)20(16)28/h2-11H,1H3. The van der Waals surface area contributed by atoms with Crippen LogP contribution >= 0.6 is 11.3 Å². The third-order valence-corrected chi connectivity index (χ3v) is 6.19. The van der Waals surface area contributed by atoms with Gasteiger partial charge in [-0.1, -0.05) is 30.3 Å². The molecule has 6 rings (SSSR count). The Morgan fingerprint density at radius 1 is 0.967 bits per heavy atom. The molecule has 1 aliphatic rings. The molecule has 0 N–H and O–H groups in total. The highest BCUT2D eigenvalue weighted by Gasteiger charge is 2.34. The average molecular weight is 411 g/mol. The van der Waals surface area contributed by atoms with Crippen molar-refractivity contribution < 1.29 is 14.0 Å². The van der Waals surface area contributed by atoms with Crippen LogP contribution in [0, 0.1) is 0 Å². The smallest absolute Gasteiger partial charge is 0.267 e. The maximum Gasteiger partial charge on any atom is 0.267 e. The predicted molar refractivity (Wildman–Crippen MR) is 115 cm³/mol. The number of imidazole rings is 1. The van der Waals surface area contributed by atoms with Gasteiger partial charge in [0.1, 0.15) is 0 Å². The molecule has 3 aromatic heterocycles. The van der Waals surface area contributed by atoms with Crippen LogP contribution in [0.2, 0.25) is 0 Å². The van der Waals surface area contributed by atoms with Gasteiger partial charge in [0.2, 0.25) is 11.5 Å². The van der Waals surface area contributed by atoms with Crippen LogP contribution in [-0.2, 0) is 7.05 Å². The van der Waals surface area contributed by atoms with Crippen LogP contribution < -0.4 is 0 Å². The van der Waals surface area contributed by atoms with Gasteiger partial charge in [0.05, 0.1) is 10.5 Å². The van der Waals surface area contributed by atoms with Crippen LogP contribution in [0.15, 0.2) is 63.9 Å². The molecule has 0 radical (unpaired) electrons. The molecule has 1 aliphatic carbocycles. The number of nitrogens with zero attached hydrogens (tertiary/aromatic N) is 3. The molecule has 0 spiro atoms. The second-order valence-electron chi connectivity index (χ2n) is 7.11. The summed E-state index contributed by atoms with van der Waals surface area (Å²) in [4.78, 5) is 35.8. The molecular weight excluding hydrogens is 398 g/mol. The van der Waals surface area contributed by atoms with Crippen molar-refractivity contribution >= 4 is 51.1 Å². The maximum atomic E-state index is 12.9. The van der Waals surface area contributed by atoms with Crippen molar-refractivity contribution in [3.05, 3.63) is 76.5 Å². The van der Waals surface area contributed by atoms with Crippen molar-refractivity contribution in [2.24, 2.45) is 7.05 Å². The highest BCUT2D eigenvalue weighted by atomic mass is 32.1. The Hall–Kier alpha value is -3.84. The summed E-state index contributed by atoms with van der Waals surface area (Å²) >= 11 is 1.58. The molecule has 0 bridgehead atoms. The van der Waals surface area contributed by atoms with Crippen molar-refractivity contribution in [3.8, 4) is 10.7 Å². The van der Waals surface area contributed by atoms with E-state index in [9.17, 15) is 9.59 Å². The van der Waals surface area contributed by atoms with Crippen molar-refractivity contribution in [1.29, 1.82) is 0 Å². The van der Waals surface area contributed by atoms with E-state index in [1.54, 1.807) is 23.5 Å². The molecule has 0 saturated carbocycles. The number of hydrogen-bond acceptors (Lipinski definition) is 6. The summed E-state index contributed by atoms with van der Waals surface area (Å²) in [5.74, 6) is 0.331. The minimum absolute atomic E-state index is 0.0605. The van der Waals surface area contributed by atoms with Crippen LogP contribution in [-0.4, -0.2) is 26.1 Å². The molecule has 0 atom stereocenters. The van der Waals surface area contributed by atoms with Crippen molar-refractivity contribution in [3.63, 3.8) is 0 Å². The molecule has 3 heterocycles. The van der Waals surface area contributed by atoms with E-state index in [1.165, 1.54) is 6.08 Å². The van der Waals surface area contributed by atoms with Gasteiger partial charge in [-0.15, -0.1) is 11.3 Å². The van der Waals surface area contributed by atoms with Gasteiger partial charge in [0.25, 0.3) is 5.71 Å². The van der Waals surface area contributed by atoms with E-state index in [0.717, 1.165) is 21.5 Å². The van der Waals surface area contributed by atoms with Gasteiger partial charge in [-0.05, 0) is 34.4 Å². The topological polar surface area (TPSA) is 78.0 Å². The molecule has 6 nitrogen and oxygen atoms in total. The molecule has 0 amide bonds. The second kappa shape index (κ2) is 6.08. The zero-order valence-corrected chi connectivity index (χ0v) is 16.6. The molecule has 30 heavy (non-hydrogen) atoms. The fourth-order valence-electron chi connectivity index (χ4n) is 3.83. The van der Waals surface area contributed by atoms with E-state index in [0.29, 0.717) is 22.5 Å². The lowest BCUT2D eigenvalue weighted by Gasteiger charge is -2.00. The number of benzene rings is 2. The summed E-state index contributed by atoms with van der Waals surface area (Å²) in [6.07, 6.45) is 1.42. The number of oxazole rings is 1. The lowest BCUT2D eigenvalue weighted by Crippen LogP contribution is -2.00. The number of carbonyl (C=O) groups excluding carboxylic acids is 2. The number of aryl methyl sites for hydroxylation is 1. The first-order valence-electron chi connectivity index (χ1n) is 9.31. The minimum Gasteiger partial charge on any atom is -0.417 e. The third-order valence-electron chi connectivity index (χ3n) is 5.33. The van der Waals surface area contributed by atoms with E-state index in [2.05, 4.69) is 9.97 Å². The number of rotatable bonds is 2. The molecule has 2 aromatic carbocycles. The van der Waals surface area contributed by atoms with Gasteiger partial charge >= 0.3 is 0 Å². The Kier molecular flexibility index (Phi) is 3.45. The maximum absolute atomic E-state index is 12.9. The van der Waals surface area contributed by atoms with Crippen LogP contribution in [0.3, 0.4) is 0 Å². The van der Waals surface area contributed by atoms with E-state index in [4.69, 9.17) is 4.42 Å². The summed E-state index contributed by atoms with van der Waals surface area (Å²) in [6.45, 7) is 0. The highest BCUT2D eigenvalue weighted by molar-refractivity contribution is 7.13. The molecule has 0 fully saturated rings. The number of allylic oxidation sites excluding steroid dienone is 1. The summed E-state index contributed by atoms with van der Waals surface area (Å²) in [6, 6.07) is 15.1. The average Bonchev–Trinajstić information content (AvgIpc) is 3.51. The Morgan fingerprint density at radius 3 is 2.27 bits per heavy atom. The number of Topliss-reactive ketones (excluding diaryl/α,β-unsaturated/α-hetero) is 2. The zero-order valence-electron chi connectivity index (χ0n) is 15.7. The molecular formula is C23H13N3O3S. The lowest BCUT2D eigenvalue weighted by atomic mass is 10.0. The van der Waals surface area contributed by atoms with Gasteiger partial charge in [0.15, 0.2) is 17.4 Å². The summed E-state index contributed by atoms with van der Waals surface area (Å²) in [7, 11) is 1.86. The second-order valence-corrected chi connectivity index (χ2v) is 8.06. The monoisotopic (exact) mass is 411 g/mol. The molecule has 0 unspecified atom stereocenters. The quantitative estimate of drug-likeness (QED) is 0.305. The largest absolute Gasteiger partial charge is 0.417 e. The van der Waals surface area contributed by atoms with Gasteiger partial charge in [0, 0.05) is 24.3 Å². The summed E-state index contributed by atoms with van der Waals surface area (Å²) in [5, 5.41) is 3.82. The van der Waals surface area contributed by atoms with Gasteiger partial charge in [-0.25, -0.2) is 0 Å². The molecule has 5 aromatic rings. The Bertz CT molecular complexity index is 1480. The zero-order chi connectivity index (χ0) is 20.4. The number of hydrogen-bond donors (Lipinski definition) is 0. The van der Waals surface area contributed by atoms with Crippen LogP contribution in [0.25, 0.3) is 38.9 Å². The summed E-state index contributed by atoms with van der Waals surface area (Å²) in [5.41, 5.74) is 1.82. The number of thiophene rings is 1. The van der Waals surface area contributed by atoms with Gasteiger partial charge in [-0.2, -0.15) is 9.97 Å². The van der Waals surface area contributed by atoms with Gasteiger partial charge in [-0.3, -0.25) is 9.59 Å². The fraction of sp³-hybridized carbons (Fsp3) is 0.0435. The number of aromatic nitrogens is 3. The molecule has 0 aliphatic heterocycles. The number of fused-ring (bicyclic) bond motifs is 3. The van der Waals surface area contributed by atoms with Crippen molar-refractivity contribution in [2.75, 3.05) is 0 Å². The van der Waals surface area contributed by atoms with Crippen molar-refractivity contribution in [1.82, 2.24) is 14.5 Å². The highest BCUT2D eigenvalue weighted by Crippen LogP contribution is 2.32. The lowest BCUT2D eigenvalue weighted by molar-refractivity contribution is 0.0990. The minimum atomic E-state index is -0.310. The van der Waals surface area contributed by atoms with E-state index >= 15 is 0 Å². The fourth-order valence-corrected chi connectivity index (χ4v) is 4.58. The van der Waals surface area contributed by atoms with E-state index in [-0.39, 0.29) is 23.0 Å². The van der Waals surface area contributed by atoms with E-state index in [1.807, 2.05) is 53.4 Å². The number of carbonyl (C=O) groups is 2. The Labute approximate surface area is 174 Å². The SMILES string of the molecule is Cn1c(-c2cccs2)nc2oc(C=C3C(=O)c4cc5ccccc5cc4C3=O)nc21. The number of ketones is 2. The van der Waals surface area contributed by atoms with Crippen molar-refractivity contribution in [2.45, 2.75) is 0 Å². The molecule has 144 valence electrons. The van der Waals surface area contributed by atoms with Crippen LogP contribution in [0.5, 0.6) is 0 Å².